The first-order chi connectivity index (χ1) is 17.7. The number of carbonyl (C=O) groups excluding carboxylic acids is 2. The zero-order valence-electron chi connectivity index (χ0n) is 19.5. The number of nitrogens with zero attached hydrogens (tertiary/aromatic N) is 1. The first-order valence-electron chi connectivity index (χ1n) is 11.5. The number of thiocarbonyl (C=S) groups is 1. The molecule has 1 atom stereocenters. The van der Waals surface area contributed by atoms with Gasteiger partial charge in [-0.3, -0.25) is 14.5 Å². The van der Waals surface area contributed by atoms with Crippen molar-refractivity contribution in [3.63, 3.8) is 0 Å². The fourth-order valence-corrected chi connectivity index (χ4v) is 5.30. The van der Waals surface area contributed by atoms with Crippen molar-refractivity contribution in [2.45, 2.75) is 29.3 Å². The van der Waals surface area contributed by atoms with Gasteiger partial charge in [-0.05, 0) is 48.6 Å². The number of allylic oxidation sites excluding steroid dienone is 3. The molecule has 5 nitrogen and oxygen atoms in total. The van der Waals surface area contributed by atoms with Gasteiger partial charge in [0, 0.05) is 12.1 Å². The number of nitrogens with one attached hydrogen (secondary N) is 1. The van der Waals surface area contributed by atoms with Gasteiger partial charge in [0.15, 0.2) is 0 Å². The Morgan fingerprint density at radius 1 is 1.16 bits per heavy atom. The Balaban J connectivity index is 1.39. The predicted molar refractivity (Wildman–Crippen MR) is 156 cm³/mol. The Labute approximate surface area is 240 Å². The number of amides is 2. The molecule has 192 valence electrons. The van der Waals surface area contributed by atoms with Crippen molar-refractivity contribution in [2.75, 3.05) is 6.54 Å². The molecular weight excluding hydrogens is 571 g/mol. The van der Waals surface area contributed by atoms with Crippen molar-refractivity contribution in [1.29, 1.82) is 0 Å². The van der Waals surface area contributed by atoms with E-state index in [1.807, 2.05) is 42.5 Å². The number of alkyl halides is 3. The van der Waals surface area contributed by atoms with Crippen LogP contribution in [0.4, 0.5) is 0 Å². The highest BCUT2D eigenvalue weighted by molar-refractivity contribution is 8.26. The zero-order chi connectivity index (χ0) is 26.4. The van der Waals surface area contributed by atoms with Gasteiger partial charge in [-0.1, -0.05) is 119 Å². The van der Waals surface area contributed by atoms with E-state index in [0.717, 1.165) is 24.0 Å². The Bertz CT molecular complexity index is 1260. The summed E-state index contributed by atoms with van der Waals surface area (Å²) < 4.78 is 4.44. The van der Waals surface area contributed by atoms with Crippen LogP contribution in [0.15, 0.2) is 83.3 Å². The van der Waals surface area contributed by atoms with Gasteiger partial charge in [0.25, 0.3) is 5.91 Å². The number of rotatable bonds is 8. The molecule has 1 fully saturated rings. The standard InChI is InChI=1S/C27H23Cl3N2O3S2/c28-27(29,30)25(31-23(33)20-9-5-2-6-10-20)35-21-13-11-19(12-14-21)17-22-24(34)32(26(36)37-22)16-15-18-7-3-1-4-8-18/h1-5,7-9,11-14,17,25H,6,10,15-16H2,(H,31,33)/b22-17-. The molecule has 0 spiro atoms. The molecule has 2 aliphatic rings. The van der Waals surface area contributed by atoms with Gasteiger partial charge in [0.05, 0.1) is 4.91 Å². The smallest absolute Gasteiger partial charge is 0.266 e. The Hall–Kier alpha value is -2.29. The van der Waals surface area contributed by atoms with Crippen LogP contribution in [0, 0.1) is 0 Å². The molecule has 2 aromatic rings. The lowest BCUT2D eigenvalue weighted by atomic mass is 10.0. The van der Waals surface area contributed by atoms with E-state index < -0.39 is 10.0 Å². The van der Waals surface area contributed by atoms with Crippen molar-refractivity contribution in [3.05, 3.63) is 94.4 Å². The van der Waals surface area contributed by atoms with E-state index in [-0.39, 0.29) is 11.8 Å². The highest BCUT2D eigenvalue weighted by Gasteiger charge is 2.37. The monoisotopic (exact) mass is 592 g/mol. The summed E-state index contributed by atoms with van der Waals surface area (Å²) in [6, 6.07) is 16.9. The third-order valence-electron chi connectivity index (χ3n) is 5.64. The van der Waals surface area contributed by atoms with Crippen LogP contribution in [0.1, 0.15) is 24.0 Å². The van der Waals surface area contributed by atoms with Crippen LogP contribution in [-0.2, 0) is 16.0 Å². The summed E-state index contributed by atoms with van der Waals surface area (Å²) in [7, 11) is 0. The molecule has 0 saturated carbocycles. The average Bonchev–Trinajstić information content (AvgIpc) is 3.15. The van der Waals surface area contributed by atoms with Crippen molar-refractivity contribution in [1.82, 2.24) is 10.2 Å². The number of halogens is 3. The van der Waals surface area contributed by atoms with E-state index in [1.165, 1.54) is 11.8 Å². The van der Waals surface area contributed by atoms with Crippen molar-refractivity contribution >= 4 is 81.0 Å². The summed E-state index contributed by atoms with van der Waals surface area (Å²) in [5.74, 6) is -0.0783. The summed E-state index contributed by atoms with van der Waals surface area (Å²) in [5, 5.41) is 2.65. The van der Waals surface area contributed by atoms with E-state index in [1.54, 1.807) is 41.3 Å². The van der Waals surface area contributed by atoms with Gasteiger partial charge in [-0.15, -0.1) is 0 Å². The number of hydrogen-bond donors (Lipinski definition) is 1. The number of thioether (sulfide) groups is 1. The molecule has 10 heteroatoms. The van der Waals surface area contributed by atoms with Crippen LogP contribution >= 0.6 is 58.8 Å². The summed E-state index contributed by atoms with van der Waals surface area (Å²) in [6.45, 7) is 0.524. The SMILES string of the molecule is O=C(NC(Oc1ccc(/C=C2\SC(=S)N(CCc3ccccc3)C2=O)cc1)C(Cl)(Cl)Cl)C1=CC=CCC1. The minimum absolute atomic E-state index is 0.114. The lowest BCUT2D eigenvalue weighted by Gasteiger charge is -2.27. The molecule has 4 rings (SSSR count). The topological polar surface area (TPSA) is 58.6 Å². The van der Waals surface area contributed by atoms with Gasteiger partial charge in [-0.2, -0.15) is 0 Å². The van der Waals surface area contributed by atoms with E-state index in [4.69, 9.17) is 51.8 Å². The highest BCUT2D eigenvalue weighted by Crippen LogP contribution is 2.34. The maximum Gasteiger partial charge on any atom is 0.266 e. The first-order valence-corrected chi connectivity index (χ1v) is 13.9. The summed E-state index contributed by atoms with van der Waals surface area (Å²) in [4.78, 5) is 27.7. The molecule has 2 aromatic carbocycles. The predicted octanol–water partition coefficient (Wildman–Crippen LogP) is 6.60. The fourth-order valence-electron chi connectivity index (χ4n) is 3.69. The van der Waals surface area contributed by atoms with Gasteiger partial charge in [0.1, 0.15) is 10.1 Å². The molecule has 1 aliphatic heterocycles. The highest BCUT2D eigenvalue weighted by atomic mass is 35.6. The van der Waals surface area contributed by atoms with Crippen LogP contribution in [0.25, 0.3) is 6.08 Å². The van der Waals surface area contributed by atoms with Crippen LogP contribution in [-0.4, -0.2) is 37.6 Å². The number of hydrogen-bond acceptors (Lipinski definition) is 5. The molecule has 1 aliphatic carbocycles. The zero-order valence-corrected chi connectivity index (χ0v) is 23.4. The molecule has 0 radical (unpaired) electrons. The third-order valence-corrected chi connectivity index (χ3v) is 7.61. The van der Waals surface area contributed by atoms with Gasteiger partial charge < -0.3 is 10.1 Å². The lowest BCUT2D eigenvalue weighted by Crippen LogP contribution is -2.48. The maximum absolute atomic E-state index is 12.9. The average molecular weight is 594 g/mol. The van der Waals surface area contributed by atoms with E-state index >= 15 is 0 Å². The second kappa shape index (κ2) is 12.5. The Morgan fingerprint density at radius 3 is 2.54 bits per heavy atom. The first kappa shape index (κ1) is 27.7. The minimum atomic E-state index is -1.90. The largest absolute Gasteiger partial charge is 0.466 e. The number of benzene rings is 2. The van der Waals surface area contributed by atoms with Crippen molar-refractivity contribution in [3.8, 4) is 5.75 Å². The van der Waals surface area contributed by atoms with Crippen molar-refractivity contribution in [2.24, 2.45) is 0 Å². The normalized spacial score (nSPS) is 17.6. The second-order valence-electron chi connectivity index (χ2n) is 8.31. The third kappa shape index (κ3) is 7.62. The second-order valence-corrected chi connectivity index (χ2v) is 12.4. The minimum Gasteiger partial charge on any atom is -0.466 e. The molecule has 2 amide bonds. The Kier molecular flexibility index (Phi) is 9.37. The molecular formula is C27H23Cl3N2O3S2. The molecule has 0 aromatic heterocycles. The molecule has 0 bridgehead atoms. The van der Waals surface area contributed by atoms with Gasteiger partial charge in [-0.25, -0.2) is 0 Å². The van der Waals surface area contributed by atoms with Crippen LogP contribution in [0.2, 0.25) is 0 Å². The van der Waals surface area contributed by atoms with Gasteiger partial charge >= 0.3 is 0 Å². The lowest BCUT2D eigenvalue weighted by molar-refractivity contribution is -0.122. The molecule has 1 saturated heterocycles. The van der Waals surface area contributed by atoms with E-state index in [0.29, 0.717) is 33.5 Å². The van der Waals surface area contributed by atoms with Crippen LogP contribution in [0.5, 0.6) is 5.75 Å². The molecule has 1 unspecified atom stereocenters. The van der Waals surface area contributed by atoms with E-state index in [2.05, 4.69) is 5.32 Å². The fraction of sp³-hybridized carbons (Fsp3) is 0.222. The van der Waals surface area contributed by atoms with Crippen molar-refractivity contribution < 1.29 is 14.3 Å². The molecule has 37 heavy (non-hydrogen) atoms. The molecule has 1 heterocycles. The maximum atomic E-state index is 12.9. The van der Waals surface area contributed by atoms with E-state index in [9.17, 15) is 9.59 Å². The summed E-state index contributed by atoms with van der Waals surface area (Å²) >= 11 is 24.9. The quantitative estimate of drug-likeness (QED) is 0.162. The molecule has 1 N–H and O–H groups in total. The van der Waals surface area contributed by atoms with Crippen LogP contribution < -0.4 is 10.1 Å². The number of ether oxygens (including phenoxy) is 1. The summed E-state index contributed by atoms with van der Waals surface area (Å²) in [6.07, 6.45) is 8.19. The van der Waals surface area contributed by atoms with Gasteiger partial charge in [0.2, 0.25) is 15.9 Å². The Morgan fingerprint density at radius 2 is 1.89 bits per heavy atom. The number of carbonyl (C=O) groups is 2. The van der Waals surface area contributed by atoms with Crippen LogP contribution in [0.3, 0.4) is 0 Å². The summed E-state index contributed by atoms with van der Waals surface area (Å²) in [5.41, 5.74) is 2.51.